The van der Waals surface area contributed by atoms with Gasteiger partial charge in [-0.25, -0.2) is 0 Å². The molecule has 0 atom stereocenters. The van der Waals surface area contributed by atoms with Crippen LogP contribution in [-0.4, -0.2) is 36.9 Å². The van der Waals surface area contributed by atoms with Crippen LogP contribution in [0.2, 0.25) is 0 Å². The summed E-state index contributed by atoms with van der Waals surface area (Å²) in [6.45, 7) is 26.8. The van der Waals surface area contributed by atoms with Crippen LogP contribution in [0.1, 0.15) is 155 Å². The summed E-state index contributed by atoms with van der Waals surface area (Å²) in [6, 6.07) is 13.1. The zero-order chi connectivity index (χ0) is 33.7. The number of hydrogen-bond donors (Lipinski definition) is 0. The third kappa shape index (κ3) is 11.9. The van der Waals surface area contributed by atoms with Crippen molar-refractivity contribution in [3.8, 4) is 0 Å². The molecule has 1 radical (unpaired) electrons. The Morgan fingerprint density at radius 3 is 1.60 bits per heavy atom. The zero-order valence-electron chi connectivity index (χ0n) is 30.1. The first-order chi connectivity index (χ1) is 21.3. The first kappa shape index (κ1) is 39.6. The number of para-hydroxylation sites is 2. The SMILES string of the molecule is CCCCOP(=O)(OCCCC)[O][Ga][N](/C(C)=C/C(C)=Nc1c(C(C)C)cccc1C(C)C)c1c(C(C)C)cccc1C(C)C. The van der Waals surface area contributed by atoms with Crippen LogP contribution in [0.5, 0.6) is 0 Å². The van der Waals surface area contributed by atoms with Gasteiger partial charge in [-0.15, -0.1) is 0 Å². The van der Waals surface area contributed by atoms with E-state index in [2.05, 4.69) is 129 Å². The van der Waals surface area contributed by atoms with Crippen LogP contribution in [0, 0.1) is 0 Å². The molecule has 2 aromatic rings. The second-order valence-corrected chi connectivity index (χ2v) is 17.6. The summed E-state index contributed by atoms with van der Waals surface area (Å²) >= 11 is -1.87. The predicted octanol–water partition coefficient (Wildman–Crippen LogP) is 12.0. The Hall–Kier alpha value is -1.60. The molecule has 6 nitrogen and oxygen atoms in total. The van der Waals surface area contributed by atoms with E-state index in [1.165, 1.54) is 22.3 Å². The normalized spacial score (nSPS) is 13.1. The van der Waals surface area contributed by atoms with E-state index < -0.39 is 25.8 Å². The van der Waals surface area contributed by atoms with Gasteiger partial charge in [0, 0.05) is 0 Å². The number of unbranched alkanes of at least 4 members (excludes halogenated alkanes) is 2. The van der Waals surface area contributed by atoms with Gasteiger partial charge in [0.05, 0.1) is 0 Å². The molecule has 0 unspecified atom stereocenters. The van der Waals surface area contributed by atoms with E-state index in [9.17, 15) is 4.57 Å². The van der Waals surface area contributed by atoms with E-state index in [1.807, 2.05) is 0 Å². The van der Waals surface area contributed by atoms with E-state index in [1.54, 1.807) is 0 Å². The van der Waals surface area contributed by atoms with Crippen LogP contribution in [0.15, 0.2) is 53.2 Å². The Bertz CT molecular complexity index is 1250. The van der Waals surface area contributed by atoms with Crippen LogP contribution in [0.25, 0.3) is 0 Å². The summed E-state index contributed by atoms with van der Waals surface area (Å²) in [4.78, 5) is 5.23. The number of allylic oxidation sites excluding steroid dienone is 2. The third-order valence-electron chi connectivity index (χ3n) is 7.79. The molecule has 2 rings (SSSR count). The standard InChI is InChI=1S/C29H41N2.C8H19O4P.Ga/c1-18(2)24-13-11-14-25(19(3)4)28(24)30-22(9)17-23(10)31-29-26(20(5)6)15-12-16-27(29)21(7)8;1-3-5-7-11-13(9,10)12-8-6-4-2;/h11-21H,1-10H3;3-8H2,1-2H3,(H,9,10);/q-1;;+2/p-1/b22-17+,31-23?;;. The molecular formula is C37H59GaN2O4P. The Morgan fingerprint density at radius 1 is 0.778 bits per heavy atom. The molecule has 0 heterocycles. The number of rotatable bonds is 19. The third-order valence-corrected chi connectivity index (χ3v) is 13.2. The molecule has 45 heavy (non-hydrogen) atoms. The van der Waals surface area contributed by atoms with Crippen LogP contribution >= 0.6 is 7.82 Å². The first-order valence-corrected chi connectivity index (χ1v) is 20.5. The molecule has 2 aromatic carbocycles. The summed E-state index contributed by atoms with van der Waals surface area (Å²) in [5.74, 6) is 1.31. The van der Waals surface area contributed by atoms with Crippen LogP contribution in [0.3, 0.4) is 0 Å². The van der Waals surface area contributed by atoms with Crippen molar-refractivity contribution in [2.75, 3.05) is 16.8 Å². The van der Waals surface area contributed by atoms with Crippen molar-refractivity contribution >= 4 is 42.9 Å². The van der Waals surface area contributed by atoms with Gasteiger partial charge in [-0.3, -0.25) is 0 Å². The van der Waals surface area contributed by atoms with Gasteiger partial charge in [-0.2, -0.15) is 0 Å². The molecule has 0 saturated carbocycles. The molecule has 0 amide bonds. The monoisotopic (exact) mass is 695 g/mol. The van der Waals surface area contributed by atoms with E-state index in [-0.39, 0.29) is 0 Å². The van der Waals surface area contributed by atoms with Gasteiger partial charge in [0.1, 0.15) is 0 Å². The first-order valence-electron chi connectivity index (χ1n) is 16.9. The fourth-order valence-corrected chi connectivity index (χ4v) is 9.72. The zero-order valence-corrected chi connectivity index (χ0v) is 33.5. The molecule has 8 heteroatoms. The second kappa shape index (κ2) is 19.3. The maximum absolute atomic E-state index is 13.9. The van der Waals surface area contributed by atoms with Crippen molar-refractivity contribution < 1.29 is 16.9 Å². The van der Waals surface area contributed by atoms with E-state index >= 15 is 0 Å². The van der Waals surface area contributed by atoms with Gasteiger partial charge < -0.3 is 0 Å². The summed E-state index contributed by atoms with van der Waals surface area (Å²) in [5.41, 5.74) is 9.12. The molecule has 0 bridgehead atoms. The van der Waals surface area contributed by atoms with Crippen molar-refractivity contribution in [2.45, 2.75) is 132 Å². The molecule has 0 fully saturated rings. The van der Waals surface area contributed by atoms with E-state index in [0.29, 0.717) is 36.9 Å². The minimum absolute atomic E-state index is 0.292. The van der Waals surface area contributed by atoms with Crippen molar-refractivity contribution in [3.05, 3.63) is 70.4 Å². The Kier molecular flexibility index (Phi) is 17.0. The van der Waals surface area contributed by atoms with Crippen molar-refractivity contribution in [3.63, 3.8) is 0 Å². The number of phosphoric ester groups is 1. The molecule has 0 N–H and O–H groups in total. The summed E-state index contributed by atoms with van der Waals surface area (Å²) in [7, 11) is -3.72. The van der Waals surface area contributed by atoms with Crippen LogP contribution < -0.4 is 3.61 Å². The fraction of sp³-hybridized carbons (Fsp3) is 0.595. The topological polar surface area (TPSA) is 60.4 Å². The van der Waals surface area contributed by atoms with Crippen LogP contribution in [-0.2, 0) is 16.9 Å². The molecule has 0 aliphatic heterocycles. The maximum atomic E-state index is 13.9. The second-order valence-electron chi connectivity index (χ2n) is 13.1. The summed E-state index contributed by atoms with van der Waals surface area (Å²) < 4.78 is 34.3. The van der Waals surface area contributed by atoms with Crippen molar-refractivity contribution in [1.29, 1.82) is 0 Å². The van der Waals surface area contributed by atoms with Gasteiger partial charge in [-0.1, -0.05) is 0 Å². The number of nitrogens with zero attached hydrogens (tertiary/aromatic N) is 2. The minimum atomic E-state index is -3.72. The number of hydrogen-bond acceptors (Lipinski definition) is 6. The van der Waals surface area contributed by atoms with E-state index in [0.717, 1.165) is 48.5 Å². The Balaban J connectivity index is 2.70. The van der Waals surface area contributed by atoms with Crippen LogP contribution in [0.4, 0.5) is 11.4 Å². The Labute approximate surface area is 283 Å². The van der Waals surface area contributed by atoms with Gasteiger partial charge in [0.2, 0.25) is 0 Å². The number of aliphatic imine (C=N–C) groups is 1. The molecule has 0 aliphatic rings. The van der Waals surface area contributed by atoms with Gasteiger partial charge in [0.15, 0.2) is 0 Å². The number of benzene rings is 2. The molecule has 0 aliphatic carbocycles. The average molecular weight is 697 g/mol. The van der Waals surface area contributed by atoms with Gasteiger partial charge >= 0.3 is 285 Å². The number of phosphoric acid groups is 1. The average Bonchev–Trinajstić information content (AvgIpc) is 2.97. The molecule has 0 spiro atoms. The number of anilines is 1. The van der Waals surface area contributed by atoms with E-state index in [4.69, 9.17) is 17.4 Å². The van der Waals surface area contributed by atoms with Crippen molar-refractivity contribution in [1.82, 2.24) is 0 Å². The fourth-order valence-electron chi connectivity index (χ4n) is 5.17. The summed E-state index contributed by atoms with van der Waals surface area (Å²) in [6.07, 6.45) is 5.63. The van der Waals surface area contributed by atoms with Crippen molar-refractivity contribution in [2.24, 2.45) is 4.99 Å². The summed E-state index contributed by atoms with van der Waals surface area (Å²) in [5, 5.41) is 0. The molecule has 0 saturated heterocycles. The van der Waals surface area contributed by atoms with Gasteiger partial charge in [0.25, 0.3) is 0 Å². The quantitative estimate of drug-likeness (QED) is 0.0633. The molecule has 249 valence electrons. The predicted molar refractivity (Wildman–Crippen MR) is 194 cm³/mol. The Morgan fingerprint density at radius 2 is 1.20 bits per heavy atom. The van der Waals surface area contributed by atoms with Gasteiger partial charge in [-0.05, 0) is 0 Å². The molecule has 0 aromatic heterocycles. The molecular weight excluding hydrogens is 637 g/mol.